The van der Waals surface area contributed by atoms with Crippen molar-refractivity contribution in [3.63, 3.8) is 0 Å². The van der Waals surface area contributed by atoms with Crippen molar-refractivity contribution in [3.05, 3.63) is 29.3 Å². The Morgan fingerprint density at radius 1 is 1.32 bits per heavy atom. The fourth-order valence-corrected chi connectivity index (χ4v) is 2.62. The van der Waals surface area contributed by atoms with E-state index in [0.717, 1.165) is 18.9 Å². The van der Waals surface area contributed by atoms with Crippen molar-refractivity contribution < 1.29 is 9.47 Å². The SMILES string of the molecule is COc1ccc(C2NCCOC2C)cc1C(C)(C)C. The Kier molecular flexibility index (Phi) is 4.16. The molecule has 0 spiro atoms. The number of ether oxygens (including phenoxy) is 2. The fourth-order valence-electron chi connectivity index (χ4n) is 2.62. The Hall–Kier alpha value is -1.06. The molecule has 1 saturated heterocycles. The number of hydrogen-bond acceptors (Lipinski definition) is 3. The Morgan fingerprint density at radius 3 is 2.63 bits per heavy atom. The van der Waals surface area contributed by atoms with Crippen molar-refractivity contribution in [2.75, 3.05) is 20.3 Å². The molecular weight excluding hydrogens is 238 g/mol. The highest BCUT2D eigenvalue weighted by Crippen LogP contribution is 2.34. The maximum atomic E-state index is 5.73. The van der Waals surface area contributed by atoms with Crippen molar-refractivity contribution in [1.29, 1.82) is 0 Å². The zero-order chi connectivity index (χ0) is 14.0. The summed E-state index contributed by atoms with van der Waals surface area (Å²) in [7, 11) is 1.73. The number of hydrogen-bond donors (Lipinski definition) is 1. The maximum absolute atomic E-state index is 5.73. The summed E-state index contributed by atoms with van der Waals surface area (Å²) < 4.78 is 11.2. The highest BCUT2D eigenvalue weighted by Gasteiger charge is 2.26. The summed E-state index contributed by atoms with van der Waals surface area (Å²) in [4.78, 5) is 0. The minimum absolute atomic E-state index is 0.0696. The summed E-state index contributed by atoms with van der Waals surface area (Å²) in [6.45, 7) is 10.5. The van der Waals surface area contributed by atoms with E-state index in [9.17, 15) is 0 Å². The molecule has 1 aromatic rings. The van der Waals surface area contributed by atoms with Crippen LogP contribution in [0.4, 0.5) is 0 Å². The highest BCUT2D eigenvalue weighted by molar-refractivity contribution is 5.42. The maximum Gasteiger partial charge on any atom is 0.122 e. The van der Waals surface area contributed by atoms with E-state index >= 15 is 0 Å². The monoisotopic (exact) mass is 263 g/mol. The molecule has 0 aromatic heterocycles. The van der Waals surface area contributed by atoms with Crippen molar-refractivity contribution in [3.8, 4) is 5.75 Å². The second kappa shape index (κ2) is 5.51. The number of rotatable bonds is 2. The lowest BCUT2D eigenvalue weighted by atomic mass is 9.84. The van der Waals surface area contributed by atoms with Gasteiger partial charge in [0.15, 0.2) is 0 Å². The average molecular weight is 263 g/mol. The van der Waals surface area contributed by atoms with Gasteiger partial charge in [-0.1, -0.05) is 26.8 Å². The van der Waals surface area contributed by atoms with Crippen LogP contribution < -0.4 is 10.1 Å². The van der Waals surface area contributed by atoms with Gasteiger partial charge in [-0.15, -0.1) is 0 Å². The van der Waals surface area contributed by atoms with E-state index in [0.29, 0.717) is 0 Å². The lowest BCUT2D eigenvalue weighted by Crippen LogP contribution is -2.40. The van der Waals surface area contributed by atoms with Crippen LogP contribution in [-0.4, -0.2) is 26.4 Å². The normalized spacial score (nSPS) is 24.3. The smallest absolute Gasteiger partial charge is 0.122 e. The molecule has 19 heavy (non-hydrogen) atoms. The lowest BCUT2D eigenvalue weighted by molar-refractivity contribution is 0.00751. The van der Waals surface area contributed by atoms with Crippen molar-refractivity contribution in [2.24, 2.45) is 0 Å². The largest absolute Gasteiger partial charge is 0.496 e. The summed E-state index contributed by atoms with van der Waals surface area (Å²) in [5, 5.41) is 3.54. The van der Waals surface area contributed by atoms with Crippen LogP contribution in [-0.2, 0) is 10.2 Å². The predicted molar refractivity (Wildman–Crippen MR) is 77.9 cm³/mol. The molecule has 106 valence electrons. The number of benzene rings is 1. The number of methoxy groups -OCH3 is 1. The molecule has 0 radical (unpaired) electrons. The predicted octanol–water partition coefficient (Wildman–Crippen LogP) is 3.04. The minimum Gasteiger partial charge on any atom is -0.496 e. The molecule has 0 amide bonds. The molecule has 1 heterocycles. The van der Waals surface area contributed by atoms with E-state index in [1.165, 1.54) is 11.1 Å². The van der Waals surface area contributed by atoms with Crippen LogP contribution in [0.2, 0.25) is 0 Å². The third-order valence-electron chi connectivity index (χ3n) is 3.71. The number of morpholine rings is 1. The zero-order valence-electron chi connectivity index (χ0n) is 12.6. The summed E-state index contributed by atoms with van der Waals surface area (Å²) >= 11 is 0. The van der Waals surface area contributed by atoms with E-state index in [-0.39, 0.29) is 17.6 Å². The Bertz CT molecular complexity index is 437. The summed E-state index contributed by atoms with van der Waals surface area (Å²) in [5.74, 6) is 0.959. The van der Waals surface area contributed by atoms with E-state index in [2.05, 4.69) is 51.2 Å². The quantitative estimate of drug-likeness (QED) is 0.889. The first-order chi connectivity index (χ1) is 8.93. The van der Waals surface area contributed by atoms with Gasteiger partial charge in [0.1, 0.15) is 5.75 Å². The molecule has 1 aromatic carbocycles. The molecule has 1 aliphatic heterocycles. The van der Waals surface area contributed by atoms with E-state index in [4.69, 9.17) is 9.47 Å². The second-order valence-electron chi connectivity index (χ2n) is 6.22. The van der Waals surface area contributed by atoms with Gasteiger partial charge in [0, 0.05) is 6.54 Å². The fraction of sp³-hybridized carbons (Fsp3) is 0.625. The van der Waals surface area contributed by atoms with Crippen LogP contribution in [0.25, 0.3) is 0 Å². The van der Waals surface area contributed by atoms with E-state index in [1.54, 1.807) is 7.11 Å². The molecule has 1 fully saturated rings. The standard InChI is InChI=1S/C16H25NO2/c1-11-15(17-8-9-19-11)12-6-7-14(18-5)13(10-12)16(2,3)4/h6-7,10-11,15,17H,8-9H2,1-5H3. The molecule has 1 N–H and O–H groups in total. The van der Waals surface area contributed by atoms with Crippen LogP contribution in [0.5, 0.6) is 5.75 Å². The van der Waals surface area contributed by atoms with Crippen LogP contribution in [0.1, 0.15) is 44.9 Å². The van der Waals surface area contributed by atoms with Gasteiger partial charge in [-0.25, -0.2) is 0 Å². The third kappa shape index (κ3) is 3.10. The van der Waals surface area contributed by atoms with Gasteiger partial charge in [0.2, 0.25) is 0 Å². The van der Waals surface area contributed by atoms with E-state index < -0.39 is 0 Å². The van der Waals surface area contributed by atoms with Crippen molar-refractivity contribution in [1.82, 2.24) is 5.32 Å². The van der Waals surface area contributed by atoms with Gasteiger partial charge in [-0.05, 0) is 35.6 Å². The van der Waals surface area contributed by atoms with Gasteiger partial charge in [-0.3, -0.25) is 0 Å². The van der Waals surface area contributed by atoms with Gasteiger partial charge < -0.3 is 14.8 Å². The average Bonchev–Trinajstić information content (AvgIpc) is 2.37. The number of nitrogens with one attached hydrogen (secondary N) is 1. The first kappa shape index (κ1) is 14.4. The topological polar surface area (TPSA) is 30.5 Å². The summed E-state index contributed by atoms with van der Waals surface area (Å²) in [5.41, 5.74) is 2.59. The molecule has 0 aliphatic carbocycles. The van der Waals surface area contributed by atoms with Crippen LogP contribution in [0, 0.1) is 0 Å². The van der Waals surface area contributed by atoms with Crippen molar-refractivity contribution in [2.45, 2.75) is 45.3 Å². The first-order valence-corrected chi connectivity index (χ1v) is 6.97. The molecule has 0 saturated carbocycles. The molecule has 2 atom stereocenters. The van der Waals surface area contributed by atoms with Crippen LogP contribution >= 0.6 is 0 Å². The van der Waals surface area contributed by atoms with Crippen molar-refractivity contribution >= 4 is 0 Å². The molecule has 1 aliphatic rings. The molecule has 2 rings (SSSR count). The second-order valence-corrected chi connectivity index (χ2v) is 6.22. The van der Waals surface area contributed by atoms with Gasteiger partial charge >= 0.3 is 0 Å². The van der Waals surface area contributed by atoms with Crippen LogP contribution in [0.15, 0.2) is 18.2 Å². The highest BCUT2D eigenvalue weighted by atomic mass is 16.5. The zero-order valence-corrected chi connectivity index (χ0v) is 12.6. The Labute approximate surface area is 116 Å². The van der Waals surface area contributed by atoms with Crippen LogP contribution in [0.3, 0.4) is 0 Å². The first-order valence-electron chi connectivity index (χ1n) is 6.97. The van der Waals surface area contributed by atoms with Gasteiger partial charge in [0.05, 0.1) is 25.9 Å². The lowest BCUT2D eigenvalue weighted by Gasteiger charge is -2.32. The van der Waals surface area contributed by atoms with E-state index in [1.807, 2.05) is 0 Å². The Morgan fingerprint density at radius 2 is 2.05 bits per heavy atom. The molecule has 2 unspecified atom stereocenters. The molecule has 3 nitrogen and oxygen atoms in total. The third-order valence-corrected chi connectivity index (χ3v) is 3.71. The summed E-state index contributed by atoms with van der Waals surface area (Å²) in [6, 6.07) is 6.72. The van der Waals surface area contributed by atoms with Gasteiger partial charge in [0.25, 0.3) is 0 Å². The molecule has 3 heteroatoms. The van der Waals surface area contributed by atoms with Gasteiger partial charge in [-0.2, -0.15) is 0 Å². The molecule has 0 bridgehead atoms. The summed E-state index contributed by atoms with van der Waals surface area (Å²) in [6.07, 6.45) is 0.204. The minimum atomic E-state index is 0.0696. The molecular formula is C16H25NO2. The Balaban J connectivity index is 2.37.